The number of benzene rings is 3. The van der Waals surface area contributed by atoms with Crippen molar-refractivity contribution < 1.29 is 17.9 Å². The molecule has 0 unspecified atom stereocenters. The van der Waals surface area contributed by atoms with Crippen LogP contribution in [0.15, 0.2) is 83.8 Å². The van der Waals surface area contributed by atoms with Crippen LogP contribution < -0.4 is 13.8 Å². The van der Waals surface area contributed by atoms with Gasteiger partial charge < -0.3 is 9.47 Å². The van der Waals surface area contributed by atoms with E-state index in [1.807, 2.05) is 6.92 Å². The molecule has 0 fully saturated rings. The van der Waals surface area contributed by atoms with Crippen molar-refractivity contribution in [2.45, 2.75) is 24.7 Å². The normalized spacial score (nSPS) is 11.0. The van der Waals surface area contributed by atoms with E-state index < -0.39 is 10.0 Å². The first-order chi connectivity index (χ1) is 18.4. The van der Waals surface area contributed by atoms with Gasteiger partial charge in [-0.15, -0.1) is 0 Å². The molecule has 0 saturated heterocycles. The van der Waals surface area contributed by atoms with Crippen molar-refractivity contribution in [3.05, 3.63) is 89.6 Å². The molecule has 194 valence electrons. The number of unbranched alkanes of at least 4 members (excludes halogenated alkanes) is 1. The minimum atomic E-state index is -4.05. The number of aromatic nitrogens is 2. The van der Waals surface area contributed by atoms with Gasteiger partial charge in [0.2, 0.25) is 5.75 Å². The summed E-state index contributed by atoms with van der Waals surface area (Å²) in [7, 11) is -2.55. The molecule has 0 N–H and O–H groups in total. The quantitative estimate of drug-likeness (QED) is 0.209. The molecule has 8 nitrogen and oxygen atoms in total. The smallest absolute Gasteiger partial charge is 0.265 e. The highest BCUT2D eigenvalue weighted by Crippen LogP contribution is 2.42. The molecule has 0 atom stereocenters. The fraction of sp³-hybridized carbons (Fsp3) is 0.179. The summed E-state index contributed by atoms with van der Waals surface area (Å²) in [4.78, 5) is 9.18. The van der Waals surface area contributed by atoms with Gasteiger partial charge in [0.25, 0.3) is 10.0 Å². The summed E-state index contributed by atoms with van der Waals surface area (Å²) in [5.41, 5.74) is 1.02. The van der Waals surface area contributed by atoms with Gasteiger partial charge in [-0.05, 0) is 55.0 Å². The fourth-order valence-corrected chi connectivity index (χ4v) is 5.35. The molecule has 4 rings (SSSR count). The standard InChI is InChI=1S/C28H25ClN4O4S/c1-3-4-18-33(38(34,35)22-10-6-5-7-11-22)28-25(37-24-13-9-8-12-23(24)36-2)26(29)31-27(32-28)21-16-14-20(19-30)15-17-21/h5-17H,3-4,18H2,1-2H3. The van der Waals surface area contributed by atoms with Crippen LogP contribution in [0, 0.1) is 11.3 Å². The van der Waals surface area contributed by atoms with Gasteiger partial charge in [0.1, 0.15) is 0 Å². The zero-order valence-corrected chi connectivity index (χ0v) is 22.4. The molecular formula is C28H25ClN4O4S. The van der Waals surface area contributed by atoms with Crippen LogP contribution in [0.4, 0.5) is 5.82 Å². The van der Waals surface area contributed by atoms with Gasteiger partial charge in [-0.25, -0.2) is 22.7 Å². The molecule has 1 aromatic heterocycles. The Kier molecular flexibility index (Phi) is 8.46. The Morgan fingerprint density at radius 2 is 1.61 bits per heavy atom. The predicted molar refractivity (Wildman–Crippen MR) is 146 cm³/mol. The van der Waals surface area contributed by atoms with Crippen molar-refractivity contribution in [1.82, 2.24) is 9.97 Å². The number of ether oxygens (including phenoxy) is 2. The van der Waals surface area contributed by atoms with Crippen LogP contribution in [-0.2, 0) is 10.0 Å². The molecule has 0 aliphatic carbocycles. The molecule has 38 heavy (non-hydrogen) atoms. The summed E-state index contributed by atoms with van der Waals surface area (Å²) < 4.78 is 40.6. The van der Waals surface area contributed by atoms with Gasteiger partial charge in [-0.2, -0.15) is 5.26 Å². The van der Waals surface area contributed by atoms with Crippen LogP contribution in [-0.4, -0.2) is 32.0 Å². The average Bonchev–Trinajstić information content (AvgIpc) is 2.95. The van der Waals surface area contributed by atoms with Crippen LogP contribution in [0.2, 0.25) is 5.15 Å². The van der Waals surface area contributed by atoms with E-state index in [2.05, 4.69) is 16.0 Å². The largest absolute Gasteiger partial charge is 0.493 e. The number of hydrogen-bond donors (Lipinski definition) is 0. The van der Waals surface area contributed by atoms with E-state index in [1.165, 1.54) is 23.5 Å². The third-order valence-electron chi connectivity index (χ3n) is 5.64. The van der Waals surface area contributed by atoms with Gasteiger partial charge in [0.15, 0.2) is 28.3 Å². The number of nitrogens with zero attached hydrogens (tertiary/aromatic N) is 4. The van der Waals surface area contributed by atoms with Gasteiger partial charge in [0, 0.05) is 12.1 Å². The van der Waals surface area contributed by atoms with Crippen LogP contribution >= 0.6 is 11.6 Å². The molecule has 0 radical (unpaired) electrons. The van der Waals surface area contributed by atoms with E-state index in [1.54, 1.807) is 66.7 Å². The Labute approximate surface area is 227 Å². The van der Waals surface area contributed by atoms with Crippen molar-refractivity contribution >= 4 is 27.4 Å². The van der Waals surface area contributed by atoms with Crippen LogP contribution in [0.5, 0.6) is 17.2 Å². The first-order valence-corrected chi connectivity index (χ1v) is 13.7. The van der Waals surface area contributed by atoms with Crippen LogP contribution in [0.1, 0.15) is 25.3 Å². The Bertz CT molecular complexity index is 1560. The van der Waals surface area contributed by atoms with E-state index in [9.17, 15) is 8.42 Å². The summed E-state index contributed by atoms with van der Waals surface area (Å²) in [5, 5.41) is 9.08. The lowest BCUT2D eigenvalue weighted by Gasteiger charge is -2.26. The van der Waals surface area contributed by atoms with E-state index in [-0.39, 0.29) is 34.0 Å². The molecule has 0 spiro atoms. The van der Waals surface area contributed by atoms with Crippen molar-refractivity contribution in [3.63, 3.8) is 0 Å². The van der Waals surface area contributed by atoms with E-state index >= 15 is 0 Å². The summed E-state index contributed by atoms with van der Waals surface area (Å²) >= 11 is 6.67. The number of rotatable bonds is 10. The number of nitriles is 1. The molecule has 10 heteroatoms. The number of methoxy groups -OCH3 is 1. The zero-order valence-electron chi connectivity index (χ0n) is 20.8. The highest BCUT2D eigenvalue weighted by molar-refractivity contribution is 7.92. The molecular weight excluding hydrogens is 524 g/mol. The number of anilines is 1. The lowest BCUT2D eigenvalue weighted by molar-refractivity contribution is 0.378. The Morgan fingerprint density at radius 3 is 2.24 bits per heavy atom. The van der Waals surface area contributed by atoms with E-state index in [0.717, 1.165) is 6.42 Å². The maximum absolute atomic E-state index is 13.9. The van der Waals surface area contributed by atoms with E-state index in [0.29, 0.717) is 29.0 Å². The van der Waals surface area contributed by atoms with Gasteiger partial charge >= 0.3 is 0 Å². The summed E-state index contributed by atoms with van der Waals surface area (Å²) in [6, 6.07) is 23.7. The SMILES string of the molecule is CCCCN(c1nc(-c2ccc(C#N)cc2)nc(Cl)c1Oc1ccccc1OC)S(=O)(=O)c1ccccc1. The number of sulfonamides is 1. The zero-order chi connectivity index (χ0) is 27.1. The number of hydrogen-bond acceptors (Lipinski definition) is 7. The third-order valence-corrected chi connectivity index (χ3v) is 7.70. The van der Waals surface area contributed by atoms with Gasteiger partial charge in [-0.1, -0.05) is 55.3 Å². The maximum Gasteiger partial charge on any atom is 0.265 e. The monoisotopic (exact) mass is 548 g/mol. The molecule has 0 bridgehead atoms. The van der Waals surface area contributed by atoms with Crippen molar-refractivity contribution in [2.75, 3.05) is 18.0 Å². The summed E-state index contributed by atoms with van der Waals surface area (Å²) in [6.07, 6.45) is 1.30. The van der Waals surface area contributed by atoms with Crippen LogP contribution in [0.25, 0.3) is 11.4 Å². The predicted octanol–water partition coefficient (Wildman–Crippen LogP) is 6.46. The molecule has 3 aromatic carbocycles. The Morgan fingerprint density at radius 1 is 0.947 bits per heavy atom. The van der Waals surface area contributed by atoms with Crippen molar-refractivity contribution in [3.8, 4) is 34.7 Å². The molecule has 0 amide bonds. The Hall–Kier alpha value is -4.13. The molecule has 0 aliphatic rings. The summed E-state index contributed by atoms with van der Waals surface area (Å²) in [5.74, 6) is 0.903. The second-order valence-electron chi connectivity index (χ2n) is 8.18. The molecule has 0 aliphatic heterocycles. The molecule has 4 aromatic rings. The third kappa shape index (κ3) is 5.72. The fourth-order valence-electron chi connectivity index (χ4n) is 3.67. The maximum atomic E-state index is 13.9. The highest BCUT2D eigenvalue weighted by atomic mass is 35.5. The average molecular weight is 549 g/mol. The summed E-state index contributed by atoms with van der Waals surface area (Å²) in [6.45, 7) is 2.10. The van der Waals surface area contributed by atoms with Gasteiger partial charge in [-0.3, -0.25) is 0 Å². The number of para-hydroxylation sites is 2. The highest BCUT2D eigenvalue weighted by Gasteiger charge is 2.31. The second kappa shape index (κ2) is 11.9. The van der Waals surface area contributed by atoms with Crippen molar-refractivity contribution in [1.29, 1.82) is 5.26 Å². The second-order valence-corrected chi connectivity index (χ2v) is 10.4. The minimum absolute atomic E-state index is 0.00688. The molecule has 0 saturated carbocycles. The van der Waals surface area contributed by atoms with Crippen LogP contribution in [0.3, 0.4) is 0 Å². The topological polar surface area (TPSA) is 105 Å². The van der Waals surface area contributed by atoms with Crippen molar-refractivity contribution in [2.24, 2.45) is 0 Å². The van der Waals surface area contributed by atoms with Gasteiger partial charge in [0.05, 0.1) is 23.6 Å². The van der Waals surface area contributed by atoms with E-state index in [4.69, 9.17) is 26.3 Å². The Balaban J connectivity index is 1.95. The first-order valence-electron chi connectivity index (χ1n) is 11.9. The minimum Gasteiger partial charge on any atom is -0.493 e. The molecule has 1 heterocycles. The lowest BCUT2D eigenvalue weighted by atomic mass is 10.1. The first kappa shape index (κ1) is 26.9. The lowest BCUT2D eigenvalue weighted by Crippen LogP contribution is -2.33. The number of halogens is 1.